The van der Waals surface area contributed by atoms with Crippen molar-refractivity contribution in [1.82, 2.24) is 4.98 Å². The van der Waals surface area contributed by atoms with E-state index in [1.807, 2.05) is 0 Å². The minimum absolute atomic E-state index is 0.0750. The Labute approximate surface area is 132 Å². The number of amidine groups is 1. The van der Waals surface area contributed by atoms with Gasteiger partial charge in [-0.1, -0.05) is 16.8 Å². The summed E-state index contributed by atoms with van der Waals surface area (Å²) in [5, 5.41) is 16.7. The Bertz CT molecular complexity index is 730. The first kappa shape index (κ1) is 15.7. The van der Waals surface area contributed by atoms with Crippen LogP contribution in [0.15, 0.2) is 35.6 Å². The first-order valence-electron chi connectivity index (χ1n) is 5.63. The van der Waals surface area contributed by atoms with Crippen molar-refractivity contribution in [3.63, 3.8) is 0 Å². The van der Waals surface area contributed by atoms with E-state index in [0.717, 1.165) is 6.20 Å². The van der Waals surface area contributed by atoms with Crippen LogP contribution in [0.5, 0.6) is 0 Å². The topological polar surface area (TPSA) is 133 Å². The van der Waals surface area contributed by atoms with Gasteiger partial charge in [0.25, 0.3) is 0 Å². The van der Waals surface area contributed by atoms with Crippen LogP contribution >= 0.6 is 22.9 Å². The summed E-state index contributed by atoms with van der Waals surface area (Å²) in [5.41, 5.74) is 5.97. The molecule has 0 spiro atoms. The van der Waals surface area contributed by atoms with Crippen molar-refractivity contribution in [2.24, 2.45) is 10.9 Å². The fraction of sp³-hybridized carbons (Fsp3) is 0. The minimum Gasteiger partial charge on any atom is -0.378 e. The second kappa shape index (κ2) is 6.83. The number of anilines is 1. The van der Waals surface area contributed by atoms with Crippen molar-refractivity contribution in [1.29, 1.82) is 0 Å². The van der Waals surface area contributed by atoms with E-state index in [1.165, 1.54) is 0 Å². The summed E-state index contributed by atoms with van der Waals surface area (Å²) in [6.07, 6.45) is 0.159. The number of nitro groups is 1. The van der Waals surface area contributed by atoms with E-state index in [0.29, 0.717) is 22.0 Å². The largest absolute Gasteiger partial charge is 0.437 e. The zero-order valence-electron chi connectivity index (χ0n) is 10.7. The van der Waals surface area contributed by atoms with Gasteiger partial charge in [-0.25, -0.2) is 9.78 Å². The van der Waals surface area contributed by atoms with Gasteiger partial charge in [0, 0.05) is 10.7 Å². The van der Waals surface area contributed by atoms with Gasteiger partial charge in [0.1, 0.15) is 6.20 Å². The van der Waals surface area contributed by atoms with Crippen molar-refractivity contribution in [2.45, 2.75) is 0 Å². The number of aromatic nitrogens is 1. The van der Waals surface area contributed by atoms with Gasteiger partial charge in [-0.2, -0.15) is 0 Å². The molecule has 1 amide bonds. The van der Waals surface area contributed by atoms with Crippen molar-refractivity contribution < 1.29 is 14.6 Å². The molecular formula is C11H8ClN5O4S. The average molecular weight is 342 g/mol. The van der Waals surface area contributed by atoms with Crippen LogP contribution in [-0.4, -0.2) is 21.8 Å². The second-order valence-corrected chi connectivity index (χ2v) is 5.19. The molecule has 11 heteroatoms. The zero-order chi connectivity index (χ0) is 16.1. The summed E-state index contributed by atoms with van der Waals surface area (Å²) in [6, 6.07) is 6.31. The molecule has 0 radical (unpaired) electrons. The van der Waals surface area contributed by atoms with Crippen LogP contribution in [0.25, 0.3) is 0 Å². The first-order chi connectivity index (χ1) is 10.5. The normalized spacial score (nSPS) is 11.0. The number of nitrogens with two attached hydrogens (primary N) is 1. The molecule has 0 saturated carbocycles. The van der Waals surface area contributed by atoms with E-state index < -0.39 is 11.0 Å². The Morgan fingerprint density at radius 3 is 2.73 bits per heavy atom. The van der Waals surface area contributed by atoms with Crippen molar-refractivity contribution >= 4 is 45.6 Å². The van der Waals surface area contributed by atoms with E-state index in [4.69, 9.17) is 17.3 Å². The lowest BCUT2D eigenvalue weighted by atomic mass is 10.3. The Hall–Kier alpha value is -2.72. The van der Waals surface area contributed by atoms with Gasteiger partial charge in [-0.15, -0.1) is 0 Å². The number of carbonyl (C=O) groups excluding carboxylic acids is 1. The molecule has 0 fully saturated rings. The van der Waals surface area contributed by atoms with Gasteiger partial charge in [0.15, 0.2) is 10.8 Å². The van der Waals surface area contributed by atoms with Gasteiger partial charge in [0.2, 0.25) is 0 Å². The van der Waals surface area contributed by atoms with Gasteiger partial charge >= 0.3 is 11.1 Å². The highest BCUT2D eigenvalue weighted by Crippen LogP contribution is 2.20. The fourth-order valence-electron chi connectivity index (χ4n) is 1.27. The molecule has 0 bridgehead atoms. The Morgan fingerprint density at radius 2 is 2.14 bits per heavy atom. The Morgan fingerprint density at radius 1 is 1.45 bits per heavy atom. The average Bonchev–Trinajstić information content (AvgIpc) is 2.97. The van der Waals surface area contributed by atoms with Crippen LogP contribution in [-0.2, 0) is 4.84 Å². The summed E-state index contributed by atoms with van der Waals surface area (Å²) in [7, 11) is 0. The third-order valence-electron chi connectivity index (χ3n) is 2.21. The van der Waals surface area contributed by atoms with Crippen molar-refractivity contribution in [2.75, 3.05) is 5.32 Å². The highest BCUT2D eigenvalue weighted by molar-refractivity contribution is 7.16. The smallest absolute Gasteiger partial charge is 0.378 e. The van der Waals surface area contributed by atoms with Crippen molar-refractivity contribution in [3.05, 3.63) is 50.6 Å². The molecule has 114 valence electrons. The van der Waals surface area contributed by atoms with E-state index >= 15 is 0 Å². The molecule has 2 rings (SSSR count). The maximum Gasteiger partial charge on any atom is 0.437 e. The van der Waals surface area contributed by atoms with Crippen LogP contribution in [0.1, 0.15) is 5.01 Å². The number of hydrogen-bond donors (Lipinski definition) is 2. The summed E-state index contributed by atoms with van der Waals surface area (Å²) >= 11 is 6.42. The molecule has 9 nitrogen and oxygen atoms in total. The number of benzene rings is 1. The number of amides is 1. The second-order valence-electron chi connectivity index (χ2n) is 3.75. The SMILES string of the molecule is N/C(=N\OC(=O)Nc1ccc(Cl)cc1)c1ncc([N+](=O)[O-])s1. The Kier molecular flexibility index (Phi) is 4.86. The van der Waals surface area contributed by atoms with E-state index in [1.54, 1.807) is 24.3 Å². The standard InChI is InChI=1S/C11H8ClN5O4S/c12-6-1-3-7(4-2-6)15-11(18)21-16-9(13)10-14-5-8(22-10)17(19)20/h1-5H,(H2,13,16)(H,15,18). The lowest BCUT2D eigenvalue weighted by Crippen LogP contribution is -2.17. The van der Waals surface area contributed by atoms with E-state index in [2.05, 4.69) is 20.3 Å². The molecule has 0 aliphatic carbocycles. The molecule has 0 unspecified atom stereocenters. The van der Waals surface area contributed by atoms with Gasteiger partial charge in [-0.3, -0.25) is 20.3 Å². The molecule has 3 N–H and O–H groups in total. The van der Waals surface area contributed by atoms with Crippen LogP contribution < -0.4 is 11.1 Å². The maximum atomic E-state index is 11.5. The third-order valence-corrected chi connectivity index (χ3v) is 3.43. The molecule has 0 atom stereocenters. The van der Waals surface area contributed by atoms with Gasteiger partial charge in [0.05, 0.1) is 4.92 Å². The molecule has 0 aliphatic rings. The third kappa shape index (κ3) is 4.14. The predicted molar refractivity (Wildman–Crippen MR) is 81.0 cm³/mol. The highest BCUT2D eigenvalue weighted by Gasteiger charge is 2.14. The molecule has 1 aromatic heterocycles. The van der Waals surface area contributed by atoms with Crippen LogP contribution in [0.4, 0.5) is 15.5 Å². The fourth-order valence-corrected chi connectivity index (χ4v) is 2.02. The maximum absolute atomic E-state index is 11.5. The lowest BCUT2D eigenvalue weighted by Gasteiger charge is -2.02. The Balaban J connectivity index is 1.96. The molecule has 2 aromatic rings. The van der Waals surface area contributed by atoms with Crippen LogP contribution in [0.2, 0.25) is 5.02 Å². The number of rotatable bonds is 4. The molecule has 1 aromatic carbocycles. The molecule has 22 heavy (non-hydrogen) atoms. The molecule has 1 heterocycles. The summed E-state index contributed by atoms with van der Waals surface area (Å²) in [4.78, 5) is 29.6. The van der Waals surface area contributed by atoms with E-state index in [9.17, 15) is 14.9 Å². The van der Waals surface area contributed by atoms with Crippen LogP contribution in [0, 0.1) is 10.1 Å². The van der Waals surface area contributed by atoms with Gasteiger partial charge < -0.3 is 5.73 Å². The zero-order valence-corrected chi connectivity index (χ0v) is 12.3. The number of nitrogens with one attached hydrogen (secondary N) is 1. The number of carbonyl (C=O) groups is 1. The van der Waals surface area contributed by atoms with E-state index in [-0.39, 0.29) is 15.8 Å². The molecule has 0 saturated heterocycles. The highest BCUT2D eigenvalue weighted by atomic mass is 35.5. The lowest BCUT2D eigenvalue weighted by molar-refractivity contribution is -0.380. The number of halogens is 1. The van der Waals surface area contributed by atoms with Crippen molar-refractivity contribution in [3.8, 4) is 0 Å². The number of nitrogens with zero attached hydrogens (tertiary/aromatic N) is 3. The minimum atomic E-state index is -0.878. The van der Waals surface area contributed by atoms with Gasteiger partial charge in [-0.05, 0) is 35.6 Å². The summed E-state index contributed by atoms with van der Waals surface area (Å²) < 4.78 is 0. The summed E-state index contributed by atoms with van der Waals surface area (Å²) in [5.74, 6) is -0.246. The number of thiazole rings is 1. The quantitative estimate of drug-likeness (QED) is 0.288. The number of oxime groups is 1. The monoisotopic (exact) mass is 341 g/mol. The summed E-state index contributed by atoms with van der Waals surface area (Å²) in [6.45, 7) is 0. The molecular weight excluding hydrogens is 334 g/mol. The first-order valence-corrected chi connectivity index (χ1v) is 6.83. The molecule has 0 aliphatic heterocycles. The van der Waals surface area contributed by atoms with Crippen LogP contribution in [0.3, 0.4) is 0 Å². The predicted octanol–water partition coefficient (Wildman–Crippen LogP) is 2.57. The number of hydrogen-bond acceptors (Lipinski definition) is 7.